The molecule has 6 heteroatoms. The number of nitrogens with one attached hydrogen (secondary N) is 1. The van der Waals surface area contributed by atoms with Gasteiger partial charge < -0.3 is 5.11 Å². The fourth-order valence-electron chi connectivity index (χ4n) is 1.92. The maximum Gasteiger partial charge on any atom is 0.415 e. The molecule has 3 rings (SSSR count). The fraction of sp³-hybridized carbons (Fsp3) is 0.200. The molecule has 2 aromatic rings. The van der Waals surface area contributed by atoms with Crippen LogP contribution in [0.15, 0.2) is 24.3 Å². The van der Waals surface area contributed by atoms with Crippen LogP contribution in [0, 0.1) is 0 Å². The van der Waals surface area contributed by atoms with Gasteiger partial charge in [0.1, 0.15) is 0 Å². The number of anilines is 1. The van der Waals surface area contributed by atoms with E-state index in [0.29, 0.717) is 12.6 Å². The number of amides is 1. The smallest absolute Gasteiger partial charge is 0.415 e. The molecule has 1 aromatic heterocycles. The standard InChI is InChI=1S/C10H10N4O2/c15-10(16)14-6-11-5-13-8-4-2-1-3-7(8)12-9(13)14/h1-4,11H,5-6H2,(H,15,16). The highest BCUT2D eigenvalue weighted by atomic mass is 16.4. The molecule has 1 aliphatic rings. The molecule has 0 spiro atoms. The van der Waals surface area contributed by atoms with E-state index >= 15 is 0 Å². The van der Waals surface area contributed by atoms with Crippen LogP contribution in [-0.4, -0.2) is 27.4 Å². The van der Waals surface area contributed by atoms with Gasteiger partial charge in [-0.1, -0.05) is 12.1 Å². The molecule has 1 aliphatic heterocycles. The number of imidazole rings is 1. The molecule has 1 amide bonds. The number of hydrogen-bond acceptors (Lipinski definition) is 3. The predicted molar refractivity (Wildman–Crippen MR) is 58.2 cm³/mol. The van der Waals surface area contributed by atoms with Crippen molar-refractivity contribution in [1.82, 2.24) is 14.9 Å². The van der Waals surface area contributed by atoms with Gasteiger partial charge in [0.05, 0.1) is 24.4 Å². The number of rotatable bonds is 0. The Morgan fingerprint density at radius 3 is 3.00 bits per heavy atom. The molecule has 6 nitrogen and oxygen atoms in total. The number of hydrogen-bond donors (Lipinski definition) is 2. The number of fused-ring (bicyclic) bond motifs is 3. The van der Waals surface area contributed by atoms with Gasteiger partial charge in [0, 0.05) is 0 Å². The number of carbonyl (C=O) groups is 1. The lowest BCUT2D eigenvalue weighted by atomic mass is 10.3. The number of carboxylic acid groups (broad SMARTS) is 1. The predicted octanol–water partition coefficient (Wildman–Crippen LogP) is 1.04. The van der Waals surface area contributed by atoms with Crippen LogP contribution in [0.1, 0.15) is 0 Å². The highest BCUT2D eigenvalue weighted by molar-refractivity contribution is 5.88. The minimum atomic E-state index is -0.997. The van der Waals surface area contributed by atoms with Crippen molar-refractivity contribution >= 4 is 23.1 Å². The maximum atomic E-state index is 11.0. The van der Waals surface area contributed by atoms with Gasteiger partial charge in [-0.2, -0.15) is 0 Å². The van der Waals surface area contributed by atoms with E-state index in [0.717, 1.165) is 11.0 Å². The summed E-state index contributed by atoms with van der Waals surface area (Å²) in [6.07, 6.45) is -0.997. The van der Waals surface area contributed by atoms with Crippen molar-refractivity contribution in [2.24, 2.45) is 0 Å². The van der Waals surface area contributed by atoms with Gasteiger partial charge >= 0.3 is 6.09 Å². The Kier molecular flexibility index (Phi) is 1.84. The third-order valence-electron chi connectivity index (χ3n) is 2.65. The summed E-state index contributed by atoms with van der Waals surface area (Å²) in [5.74, 6) is 0.479. The van der Waals surface area contributed by atoms with Crippen molar-refractivity contribution in [2.45, 2.75) is 6.67 Å². The van der Waals surface area contributed by atoms with Gasteiger partial charge in [-0.15, -0.1) is 0 Å². The second-order valence-electron chi connectivity index (χ2n) is 3.61. The van der Waals surface area contributed by atoms with Gasteiger partial charge in [-0.05, 0) is 12.1 Å². The van der Waals surface area contributed by atoms with Crippen LogP contribution < -0.4 is 10.2 Å². The zero-order valence-electron chi connectivity index (χ0n) is 8.42. The minimum absolute atomic E-state index is 0.276. The van der Waals surface area contributed by atoms with Crippen molar-refractivity contribution in [3.05, 3.63) is 24.3 Å². The van der Waals surface area contributed by atoms with E-state index < -0.39 is 6.09 Å². The van der Waals surface area contributed by atoms with Crippen LogP contribution in [-0.2, 0) is 6.67 Å². The third-order valence-corrected chi connectivity index (χ3v) is 2.65. The monoisotopic (exact) mass is 218 g/mol. The Balaban J connectivity index is 2.25. The number of benzene rings is 1. The SMILES string of the molecule is O=C(O)N1CNCn2c1nc1ccccc12. The molecular formula is C10H10N4O2. The topological polar surface area (TPSA) is 70.4 Å². The molecule has 1 aromatic carbocycles. The molecule has 82 valence electrons. The highest BCUT2D eigenvalue weighted by Crippen LogP contribution is 2.23. The molecule has 0 atom stereocenters. The normalized spacial score (nSPS) is 15.1. The lowest BCUT2D eigenvalue weighted by Gasteiger charge is -2.25. The van der Waals surface area contributed by atoms with E-state index in [1.807, 2.05) is 28.8 Å². The molecule has 0 aliphatic carbocycles. The van der Waals surface area contributed by atoms with Crippen LogP contribution in [0.4, 0.5) is 10.7 Å². The summed E-state index contributed by atoms with van der Waals surface area (Å²) in [5, 5.41) is 12.1. The molecule has 0 saturated carbocycles. The van der Waals surface area contributed by atoms with E-state index in [9.17, 15) is 4.79 Å². The quantitative estimate of drug-likeness (QED) is 0.693. The maximum absolute atomic E-state index is 11.0. The van der Waals surface area contributed by atoms with E-state index in [1.165, 1.54) is 4.90 Å². The zero-order chi connectivity index (χ0) is 11.1. The van der Waals surface area contributed by atoms with Crippen LogP contribution in [0.2, 0.25) is 0 Å². The zero-order valence-corrected chi connectivity index (χ0v) is 8.42. The van der Waals surface area contributed by atoms with Gasteiger partial charge in [-0.25, -0.2) is 14.7 Å². The fourth-order valence-corrected chi connectivity index (χ4v) is 1.92. The summed E-state index contributed by atoms with van der Waals surface area (Å²) in [5.41, 5.74) is 1.75. The van der Waals surface area contributed by atoms with Crippen molar-refractivity contribution in [1.29, 1.82) is 0 Å². The van der Waals surface area contributed by atoms with E-state index in [1.54, 1.807) is 0 Å². The van der Waals surface area contributed by atoms with Gasteiger partial charge in [0.2, 0.25) is 5.95 Å². The summed E-state index contributed by atoms with van der Waals surface area (Å²) in [6.45, 7) is 0.859. The summed E-state index contributed by atoms with van der Waals surface area (Å²) in [6, 6.07) is 7.61. The summed E-state index contributed by atoms with van der Waals surface area (Å²) < 4.78 is 1.85. The first-order chi connectivity index (χ1) is 7.77. The Hall–Kier alpha value is -2.08. The van der Waals surface area contributed by atoms with E-state index in [4.69, 9.17) is 5.11 Å². The lowest BCUT2D eigenvalue weighted by Crippen LogP contribution is -2.44. The summed E-state index contributed by atoms with van der Waals surface area (Å²) in [4.78, 5) is 16.5. The van der Waals surface area contributed by atoms with Crippen molar-refractivity contribution in [3.8, 4) is 0 Å². The molecule has 16 heavy (non-hydrogen) atoms. The Bertz CT molecular complexity index is 563. The molecule has 0 fully saturated rings. The molecule has 0 radical (unpaired) electrons. The first kappa shape index (κ1) is 9.17. The third kappa shape index (κ3) is 1.17. The van der Waals surface area contributed by atoms with E-state index in [-0.39, 0.29) is 6.67 Å². The largest absolute Gasteiger partial charge is 0.465 e. The van der Waals surface area contributed by atoms with Crippen molar-refractivity contribution in [3.63, 3.8) is 0 Å². The first-order valence-electron chi connectivity index (χ1n) is 4.94. The van der Waals surface area contributed by atoms with Gasteiger partial charge in [-0.3, -0.25) is 9.88 Å². The van der Waals surface area contributed by atoms with Crippen molar-refractivity contribution < 1.29 is 9.90 Å². The lowest BCUT2D eigenvalue weighted by molar-refractivity contribution is 0.199. The van der Waals surface area contributed by atoms with E-state index in [2.05, 4.69) is 10.3 Å². The first-order valence-corrected chi connectivity index (χ1v) is 4.94. The molecule has 2 heterocycles. The van der Waals surface area contributed by atoms with Crippen LogP contribution in [0.25, 0.3) is 11.0 Å². The summed E-state index contributed by atoms with van der Waals surface area (Å²) in [7, 11) is 0. The molecule has 0 bridgehead atoms. The highest BCUT2D eigenvalue weighted by Gasteiger charge is 2.25. The Morgan fingerprint density at radius 1 is 1.38 bits per heavy atom. The second kappa shape index (κ2) is 3.21. The molecule has 0 unspecified atom stereocenters. The average molecular weight is 218 g/mol. The Labute approximate surface area is 91.1 Å². The van der Waals surface area contributed by atoms with Crippen LogP contribution in [0.3, 0.4) is 0 Å². The number of nitrogens with zero attached hydrogens (tertiary/aromatic N) is 3. The van der Waals surface area contributed by atoms with Crippen molar-refractivity contribution in [2.75, 3.05) is 11.6 Å². The van der Waals surface area contributed by atoms with Crippen LogP contribution >= 0.6 is 0 Å². The minimum Gasteiger partial charge on any atom is -0.465 e. The van der Waals surface area contributed by atoms with Gasteiger partial charge in [0.25, 0.3) is 0 Å². The Morgan fingerprint density at radius 2 is 2.19 bits per heavy atom. The second-order valence-corrected chi connectivity index (χ2v) is 3.61. The number of aromatic nitrogens is 2. The van der Waals surface area contributed by atoms with Gasteiger partial charge in [0.15, 0.2) is 0 Å². The molecular weight excluding hydrogens is 208 g/mol. The average Bonchev–Trinajstić information content (AvgIpc) is 2.67. The summed E-state index contributed by atoms with van der Waals surface area (Å²) >= 11 is 0. The number of para-hydroxylation sites is 2. The van der Waals surface area contributed by atoms with Crippen LogP contribution in [0.5, 0.6) is 0 Å². The molecule has 0 saturated heterocycles. The molecule has 2 N–H and O–H groups in total.